The van der Waals surface area contributed by atoms with Crippen LogP contribution in [0.1, 0.15) is 25.7 Å². The molecule has 0 bridgehead atoms. The molecule has 56 valence electrons. The smallest absolute Gasteiger partial charge is 0.303 e. The van der Waals surface area contributed by atoms with Crippen LogP contribution in [0.5, 0.6) is 0 Å². The minimum Gasteiger partial charge on any atom is -0.481 e. The van der Waals surface area contributed by atoms with Crippen LogP contribution in [0.25, 0.3) is 0 Å². The number of rotatable bonds is 2. The van der Waals surface area contributed by atoms with Crippen LogP contribution in [0.2, 0.25) is 0 Å². The van der Waals surface area contributed by atoms with Crippen LogP contribution in [0, 0.1) is 5.92 Å². The van der Waals surface area contributed by atoms with Crippen molar-refractivity contribution < 1.29 is 9.90 Å². The van der Waals surface area contributed by atoms with E-state index >= 15 is 0 Å². The maximum atomic E-state index is 10.2. The second kappa shape index (κ2) is 2.86. The van der Waals surface area contributed by atoms with E-state index in [1.807, 2.05) is 0 Å². The number of hydrogen-bond acceptors (Lipinski definition) is 1. The van der Waals surface area contributed by atoms with Crippen molar-refractivity contribution >= 4 is 5.97 Å². The lowest BCUT2D eigenvalue weighted by Gasteiger charge is -2.01. The van der Waals surface area contributed by atoms with Gasteiger partial charge in [-0.3, -0.25) is 4.79 Å². The highest BCUT2D eigenvalue weighted by molar-refractivity contribution is 5.67. The zero-order valence-electron chi connectivity index (χ0n) is 5.97. The normalized spacial score (nSPS) is 25.2. The fraction of sp³-hybridized carbons (Fsp3) is 0.625. The Kier molecular flexibility index (Phi) is 2.10. The van der Waals surface area contributed by atoms with E-state index in [9.17, 15) is 4.79 Å². The molecule has 1 N–H and O–H groups in total. The van der Waals surface area contributed by atoms with E-state index in [2.05, 4.69) is 6.58 Å². The van der Waals surface area contributed by atoms with Gasteiger partial charge in [0.2, 0.25) is 0 Å². The van der Waals surface area contributed by atoms with Gasteiger partial charge in [-0.25, -0.2) is 0 Å². The Hall–Kier alpha value is -0.790. The Bertz CT molecular complexity index is 161. The summed E-state index contributed by atoms with van der Waals surface area (Å²) in [6, 6.07) is 0. The molecule has 1 atom stereocenters. The van der Waals surface area contributed by atoms with Gasteiger partial charge >= 0.3 is 5.97 Å². The summed E-state index contributed by atoms with van der Waals surface area (Å²) < 4.78 is 0. The molecule has 1 aliphatic rings. The number of hydrogen-bond donors (Lipinski definition) is 1. The summed E-state index contributed by atoms with van der Waals surface area (Å²) in [6.45, 7) is 3.82. The first kappa shape index (κ1) is 7.32. The zero-order valence-corrected chi connectivity index (χ0v) is 5.97. The van der Waals surface area contributed by atoms with Crippen LogP contribution in [0.15, 0.2) is 12.2 Å². The van der Waals surface area contributed by atoms with E-state index in [0.29, 0.717) is 12.3 Å². The molecule has 2 heteroatoms. The van der Waals surface area contributed by atoms with E-state index in [-0.39, 0.29) is 0 Å². The molecule has 0 saturated heterocycles. The molecule has 0 aromatic rings. The summed E-state index contributed by atoms with van der Waals surface area (Å²) in [6.07, 6.45) is 3.29. The lowest BCUT2D eigenvalue weighted by molar-refractivity contribution is -0.138. The number of carbonyl (C=O) groups is 1. The van der Waals surface area contributed by atoms with E-state index in [0.717, 1.165) is 19.3 Å². The SMILES string of the molecule is C=C1CCC(CC(=O)O)C1. The molecular weight excluding hydrogens is 128 g/mol. The van der Waals surface area contributed by atoms with Crippen LogP contribution < -0.4 is 0 Å². The Balaban J connectivity index is 2.31. The molecular formula is C8H12O2. The van der Waals surface area contributed by atoms with Crippen molar-refractivity contribution in [2.75, 3.05) is 0 Å². The maximum absolute atomic E-state index is 10.2. The summed E-state index contributed by atoms with van der Waals surface area (Å²) >= 11 is 0. The van der Waals surface area contributed by atoms with Gasteiger partial charge in [-0.1, -0.05) is 12.2 Å². The predicted molar refractivity (Wildman–Crippen MR) is 38.7 cm³/mol. The van der Waals surface area contributed by atoms with Crippen LogP contribution in [0.3, 0.4) is 0 Å². The quantitative estimate of drug-likeness (QED) is 0.594. The summed E-state index contributed by atoms with van der Waals surface area (Å²) in [5, 5.41) is 8.43. The van der Waals surface area contributed by atoms with Gasteiger partial charge in [0.05, 0.1) is 0 Å². The second-order valence-electron chi connectivity index (χ2n) is 2.96. The highest BCUT2D eigenvalue weighted by Crippen LogP contribution is 2.30. The van der Waals surface area contributed by atoms with Crippen molar-refractivity contribution in [1.29, 1.82) is 0 Å². The molecule has 0 spiro atoms. The molecule has 1 saturated carbocycles. The van der Waals surface area contributed by atoms with Crippen molar-refractivity contribution in [1.82, 2.24) is 0 Å². The van der Waals surface area contributed by atoms with Gasteiger partial charge in [0.25, 0.3) is 0 Å². The highest BCUT2D eigenvalue weighted by atomic mass is 16.4. The van der Waals surface area contributed by atoms with Gasteiger partial charge in [-0.05, 0) is 25.2 Å². The van der Waals surface area contributed by atoms with Crippen LogP contribution >= 0.6 is 0 Å². The summed E-state index contributed by atoms with van der Waals surface area (Å²) in [4.78, 5) is 10.2. The van der Waals surface area contributed by atoms with Gasteiger partial charge in [0, 0.05) is 6.42 Å². The van der Waals surface area contributed by atoms with Crippen molar-refractivity contribution in [3.05, 3.63) is 12.2 Å². The van der Waals surface area contributed by atoms with E-state index < -0.39 is 5.97 Å². The molecule has 2 nitrogen and oxygen atoms in total. The molecule has 1 aliphatic carbocycles. The van der Waals surface area contributed by atoms with Crippen molar-refractivity contribution in [2.24, 2.45) is 5.92 Å². The molecule has 10 heavy (non-hydrogen) atoms. The Morgan fingerprint density at radius 1 is 1.80 bits per heavy atom. The number of carboxylic acids is 1. The summed E-state index contributed by atoms with van der Waals surface area (Å²) in [5.41, 5.74) is 1.21. The Morgan fingerprint density at radius 2 is 2.50 bits per heavy atom. The first-order valence-corrected chi connectivity index (χ1v) is 3.57. The fourth-order valence-corrected chi connectivity index (χ4v) is 1.44. The molecule has 0 aromatic heterocycles. The van der Waals surface area contributed by atoms with Crippen LogP contribution in [-0.4, -0.2) is 11.1 Å². The second-order valence-corrected chi connectivity index (χ2v) is 2.96. The predicted octanol–water partition coefficient (Wildman–Crippen LogP) is 1.82. The van der Waals surface area contributed by atoms with Crippen molar-refractivity contribution in [3.63, 3.8) is 0 Å². The van der Waals surface area contributed by atoms with Gasteiger partial charge in [-0.2, -0.15) is 0 Å². The third-order valence-electron chi connectivity index (χ3n) is 1.95. The molecule has 0 radical (unpaired) electrons. The third-order valence-corrected chi connectivity index (χ3v) is 1.95. The zero-order chi connectivity index (χ0) is 7.56. The standard InChI is InChI=1S/C8H12O2/c1-6-2-3-7(4-6)5-8(9)10/h7H,1-5H2,(H,9,10). The molecule has 0 heterocycles. The fourth-order valence-electron chi connectivity index (χ4n) is 1.44. The van der Waals surface area contributed by atoms with Gasteiger partial charge < -0.3 is 5.11 Å². The summed E-state index contributed by atoms with van der Waals surface area (Å²) in [7, 11) is 0. The van der Waals surface area contributed by atoms with E-state index in [1.54, 1.807) is 0 Å². The minimum absolute atomic E-state index is 0.318. The van der Waals surface area contributed by atoms with E-state index in [1.165, 1.54) is 5.57 Å². The molecule has 0 aliphatic heterocycles. The molecule has 0 amide bonds. The highest BCUT2D eigenvalue weighted by Gasteiger charge is 2.19. The number of allylic oxidation sites excluding steroid dienone is 1. The van der Waals surface area contributed by atoms with Crippen molar-refractivity contribution in [3.8, 4) is 0 Å². The average molecular weight is 140 g/mol. The summed E-state index contributed by atoms with van der Waals surface area (Å²) in [5.74, 6) is -0.315. The lowest BCUT2D eigenvalue weighted by Crippen LogP contribution is -2.02. The number of carboxylic acid groups (broad SMARTS) is 1. The minimum atomic E-state index is -0.681. The Labute approximate surface area is 60.6 Å². The largest absolute Gasteiger partial charge is 0.481 e. The molecule has 1 rings (SSSR count). The average Bonchev–Trinajstić information content (AvgIpc) is 2.13. The molecule has 0 aromatic carbocycles. The first-order valence-electron chi connectivity index (χ1n) is 3.57. The topological polar surface area (TPSA) is 37.3 Å². The van der Waals surface area contributed by atoms with Crippen molar-refractivity contribution in [2.45, 2.75) is 25.7 Å². The molecule has 1 unspecified atom stereocenters. The maximum Gasteiger partial charge on any atom is 0.303 e. The first-order chi connectivity index (χ1) is 4.68. The van der Waals surface area contributed by atoms with Gasteiger partial charge in [0.15, 0.2) is 0 Å². The van der Waals surface area contributed by atoms with Crippen LogP contribution in [0.4, 0.5) is 0 Å². The number of aliphatic carboxylic acids is 1. The van der Waals surface area contributed by atoms with Crippen LogP contribution in [-0.2, 0) is 4.79 Å². The monoisotopic (exact) mass is 140 g/mol. The van der Waals surface area contributed by atoms with Gasteiger partial charge in [0.1, 0.15) is 0 Å². The Morgan fingerprint density at radius 3 is 2.90 bits per heavy atom. The van der Waals surface area contributed by atoms with E-state index in [4.69, 9.17) is 5.11 Å². The molecule has 1 fully saturated rings. The third kappa shape index (κ3) is 1.87. The van der Waals surface area contributed by atoms with Gasteiger partial charge in [-0.15, -0.1) is 0 Å². The lowest BCUT2D eigenvalue weighted by atomic mass is 10.0.